The van der Waals surface area contributed by atoms with E-state index in [9.17, 15) is 19.2 Å². The van der Waals surface area contributed by atoms with Gasteiger partial charge in [-0.2, -0.15) is 0 Å². The van der Waals surface area contributed by atoms with Crippen LogP contribution in [0.2, 0.25) is 0 Å². The fraction of sp³-hybridized carbons (Fsp3) is 0.480. The van der Waals surface area contributed by atoms with Crippen LogP contribution in [0.5, 0.6) is 5.88 Å². The Morgan fingerprint density at radius 2 is 1.47 bits per heavy atom. The summed E-state index contributed by atoms with van der Waals surface area (Å²) in [5, 5.41) is 7.11. The Hall–Kier alpha value is -3.45. The van der Waals surface area contributed by atoms with E-state index in [0.29, 0.717) is 12.0 Å². The van der Waals surface area contributed by atoms with Gasteiger partial charge in [-0.25, -0.2) is 0 Å². The van der Waals surface area contributed by atoms with Crippen molar-refractivity contribution in [2.75, 3.05) is 6.61 Å². The fourth-order valence-corrected chi connectivity index (χ4v) is 4.20. The van der Waals surface area contributed by atoms with Gasteiger partial charge in [-0.05, 0) is 24.6 Å². The van der Waals surface area contributed by atoms with E-state index in [1.807, 2.05) is 31.2 Å². The van der Waals surface area contributed by atoms with Crippen LogP contribution in [0.15, 0.2) is 28.7 Å². The summed E-state index contributed by atoms with van der Waals surface area (Å²) in [6.45, 7) is 6.12. The third-order valence-electron chi connectivity index (χ3n) is 5.51. The number of nitrogens with zero attached hydrogens (tertiary/aromatic N) is 1. The van der Waals surface area contributed by atoms with Gasteiger partial charge in [0.25, 0.3) is 0 Å². The highest BCUT2D eigenvalue weighted by molar-refractivity contribution is 9.10. The summed E-state index contributed by atoms with van der Waals surface area (Å²) in [5.41, 5.74) is 2.41. The number of aromatic amines is 1. The van der Waals surface area contributed by atoms with Gasteiger partial charge in [0.05, 0.1) is 0 Å². The van der Waals surface area contributed by atoms with E-state index in [1.54, 1.807) is 0 Å². The van der Waals surface area contributed by atoms with Gasteiger partial charge in [-0.15, -0.1) is 5.10 Å². The van der Waals surface area contributed by atoms with Gasteiger partial charge in [0, 0.05) is 49.8 Å². The Bertz CT molecular complexity index is 1170. The molecule has 38 heavy (non-hydrogen) atoms. The minimum atomic E-state index is -1.37. The standard InChI is InChI=1S/C25H29BrN2O10/c1-12-19(10-17-6-8-18(26)9-7-17)24(28-27-12)38-25-23(36-16(5)32)22(35-15(4)31)21(34-14(3)30)20(37-25)11-33-13(2)29/h6-9,20-23,25H,10-11H2,1-5H3,(H,27,28)/t20-,21-,22+,23-,25+/m1/s1. The Morgan fingerprint density at radius 3 is 2.05 bits per heavy atom. The molecule has 1 fully saturated rings. The van der Waals surface area contributed by atoms with Gasteiger partial charge in [-0.1, -0.05) is 28.1 Å². The average molecular weight is 597 g/mol. The predicted octanol–water partition coefficient (Wildman–Crippen LogP) is 2.53. The molecule has 3 rings (SSSR count). The smallest absolute Gasteiger partial charge is 0.303 e. The zero-order valence-corrected chi connectivity index (χ0v) is 23.1. The minimum absolute atomic E-state index is 0.159. The molecule has 13 heteroatoms. The number of aryl methyl sites for hydroxylation is 1. The molecule has 2 heterocycles. The second kappa shape index (κ2) is 12.9. The molecule has 12 nitrogen and oxygen atoms in total. The van der Waals surface area contributed by atoms with Gasteiger partial charge >= 0.3 is 23.9 Å². The van der Waals surface area contributed by atoms with Gasteiger partial charge in [0.1, 0.15) is 12.7 Å². The number of hydrogen-bond acceptors (Lipinski definition) is 11. The molecule has 1 N–H and O–H groups in total. The lowest BCUT2D eigenvalue weighted by Crippen LogP contribution is -2.63. The third kappa shape index (κ3) is 7.78. The molecular weight excluding hydrogens is 568 g/mol. The van der Waals surface area contributed by atoms with E-state index in [1.165, 1.54) is 6.92 Å². The van der Waals surface area contributed by atoms with Crippen molar-refractivity contribution in [1.29, 1.82) is 0 Å². The van der Waals surface area contributed by atoms with Crippen LogP contribution in [0.3, 0.4) is 0 Å². The lowest BCUT2D eigenvalue weighted by molar-refractivity contribution is -0.289. The Morgan fingerprint density at radius 1 is 0.895 bits per heavy atom. The number of carbonyl (C=O) groups is 4. The summed E-state index contributed by atoms with van der Waals surface area (Å²) in [6, 6.07) is 7.69. The lowest BCUT2D eigenvalue weighted by atomic mass is 9.98. The monoisotopic (exact) mass is 596 g/mol. The number of hydrogen-bond donors (Lipinski definition) is 1. The molecule has 5 atom stereocenters. The molecule has 0 unspecified atom stereocenters. The van der Waals surface area contributed by atoms with Crippen molar-refractivity contribution in [1.82, 2.24) is 10.2 Å². The molecule has 1 aromatic heterocycles. The molecule has 1 saturated heterocycles. The maximum absolute atomic E-state index is 12.0. The highest BCUT2D eigenvalue weighted by Crippen LogP contribution is 2.32. The molecule has 0 aliphatic carbocycles. The number of esters is 4. The molecular formula is C25H29BrN2O10. The zero-order chi connectivity index (χ0) is 28.0. The second-order valence-corrected chi connectivity index (χ2v) is 9.54. The molecule has 0 saturated carbocycles. The van der Waals surface area contributed by atoms with Crippen molar-refractivity contribution >= 4 is 39.8 Å². The minimum Gasteiger partial charge on any atom is -0.463 e. The van der Waals surface area contributed by atoms with E-state index >= 15 is 0 Å². The van der Waals surface area contributed by atoms with Crippen LogP contribution in [0.25, 0.3) is 0 Å². The first-order valence-corrected chi connectivity index (χ1v) is 12.5. The van der Waals surface area contributed by atoms with Crippen LogP contribution < -0.4 is 4.74 Å². The number of H-pyrrole nitrogens is 1. The summed E-state index contributed by atoms with van der Waals surface area (Å²) in [7, 11) is 0. The largest absolute Gasteiger partial charge is 0.463 e. The summed E-state index contributed by atoms with van der Waals surface area (Å²) in [5.74, 6) is -2.63. The predicted molar refractivity (Wildman–Crippen MR) is 133 cm³/mol. The molecule has 0 radical (unpaired) electrons. The first-order chi connectivity index (χ1) is 17.9. The van der Waals surface area contributed by atoms with Crippen LogP contribution in [0.4, 0.5) is 0 Å². The number of halogens is 1. The van der Waals surface area contributed by atoms with E-state index < -0.39 is 54.6 Å². The Labute approximate surface area is 227 Å². The number of nitrogens with one attached hydrogen (secondary N) is 1. The first kappa shape index (κ1) is 29.1. The number of ether oxygens (including phenoxy) is 6. The molecule has 1 aliphatic heterocycles. The Kier molecular flexibility index (Phi) is 9.86. The summed E-state index contributed by atoms with van der Waals surface area (Å²) in [4.78, 5) is 47.4. The Balaban J connectivity index is 1.98. The third-order valence-corrected chi connectivity index (χ3v) is 6.03. The number of rotatable bonds is 9. The molecule has 0 bridgehead atoms. The van der Waals surface area contributed by atoms with Gasteiger partial charge in [-0.3, -0.25) is 24.3 Å². The van der Waals surface area contributed by atoms with E-state index in [0.717, 1.165) is 36.5 Å². The van der Waals surface area contributed by atoms with Crippen LogP contribution >= 0.6 is 15.9 Å². The molecule has 1 aromatic carbocycles. The molecule has 0 amide bonds. The van der Waals surface area contributed by atoms with Crippen molar-refractivity contribution in [3.63, 3.8) is 0 Å². The van der Waals surface area contributed by atoms with Crippen LogP contribution in [-0.4, -0.2) is 71.4 Å². The topological polar surface area (TPSA) is 152 Å². The van der Waals surface area contributed by atoms with Crippen molar-refractivity contribution in [3.05, 3.63) is 45.6 Å². The first-order valence-electron chi connectivity index (χ1n) is 11.7. The van der Waals surface area contributed by atoms with E-state index in [2.05, 4.69) is 26.1 Å². The summed E-state index contributed by atoms with van der Waals surface area (Å²) < 4.78 is 34.4. The lowest BCUT2D eigenvalue weighted by Gasteiger charge is -2.43. The van der Waals surface area contributed by atoms with Crippen molar-refractivity contribution in [2.45, 2.75) is 71.7 Å². The highest BCUT2D eigenvalue weighted by atomic mass is 79.9. The van der Waals surface area contributed by atoms with Gasteiger partial charge in [0.15, 0.2) is 12.2 Å². The van der Waals surface area contributed by atoms with Gasteiger partial charge < -0.3 is 28.4 Å². The van der Waals surface area contributed by atoms with E-state index in [4.69, 9.17) is 28.4 Å². The average Bonchev–Trinajstić information content (AvgIpc) is 3.16. The van der Waals surface area contributed by atoms with Crippen molar-refractivity contribution in [2.24, 2.45) is 0 Å². The SMILES string of the molecule is CC(=O)OC[C@H]1O[C@@H](Oc2n[nH]c(C)c2Cc2ccc(Br)cc2)[C@H](OC(C)=O)[C@@H](OC(C)=O)[C@@H]1OC(C)=O. The maximum atomic E-state index is 12.0. The molecule has 0 spiro atoms. The van der Waals surface area contributed by atoms with Gasteiger partial charge in [0.2, 0.25) is 18.3 Å². The molecule has 2 aromatic rings. The van der Waals surface area contributed by atoms with E-state index in [-0.39, 0.29) is 12.5 Å². The fourth-order valence-electron chi connectivity index (χ4n) is 3.94. The number of carbonyl (C=O) groups excluding carboxylic acids is 4. The van der Waals surface area contributed by atoms with Crippen LogP contribution in [-0.2, 0) is 49.3 Å². The highest BCUT2D eigenvalue weighted by Gasteiger charge is 2.53. The molecule has 1 aliphatic rings. The van der Waals surface area contributed by atoms with Crippen LogP contribution in [0.1, 0.15) is 44.5 Å². The number of benzene rings is 1. The maximum Gasteiger partial charge on any atom is 0.303 e. The second-order valence-electron chi connectivity index (χ2n) is 8.62. The normalized spacial score (nSPS) is 22.7. The quantitative estimate of drug-likeness (QED) is 0.335. The van der Waals surface area contributed by atoms with Crippen LogP contribution in [0, 0.1) is 6.92 Å². The molecule has 206 valence electrons. The summed E-state index contributed by atoms with van der Waals surface area (Å²) >= 11 is 3.41. The zero-order valence-electron chi connectivity index (χ0n) is 21.5. The number of aromatic nitrogens is 2. The summed E-state index contributed by atoms with van der Waals surface area (Å²) in [6.07, 6.45) is -6.01. The van der Waals surface area contributed by atoms with Crippen molar-refractivity contribution < 1.29 is 47.6 Å². The van der Waals surface area contributed by atoms with Crippen molar-refractivity contribution in [3.8, 4) is 5.88 Å².